The van der Waals surface area contributed by atoms with E-state index in [1.807, 2.05) is 0 Å². The summed E-state index contributed by atoms with van der Waals surface area (Å²) in [6.45, 7) is 5.31. The topological polar surface area (TPSA) is 51.2 Å². The van der Waals surface area contributed by atoms with Crippen LogP contribution in [0.3, 0.4) is 0 Å². The molecule has 0 amide bonds. The minimum absolute atomic E-state index is 0.270. The Morgan fingerprint density at radius 2 is 1.89 bits per heavy atom. The highest BCUT2D eigenvalue weighted by atomic mass is 32.2. The molecular weight excluding hydrogens is 248 g/mol. The molecule has 0 aliphatic heterocycles. The molecule has 0 fully saturated rings. The number of sulfone groups is 1. The summed E-state index contributed by atoms with van der Waals surface area (Å²) in [6.07, 6.45) is 3.06. The zero-order valence-corrected chi connectivity index (χ0v) is 11.3. The number of hydrogen-bond acceptors (Lipinski definition) is 3. The Morgan fingerprint density at radius 1 is 1.28 bits per heavy atom. The number of benzene rings is 1. The van der Waals surface area contributed by atoms with Crippen molar-refractivity contribution < 1.29 is 13.2 Å². The molecule has 1 aromatic carbocycles. The Kier molecular flexibility index (Phi) is 5.28. The van der Waals surface area contributed by atoms with Gasteiger partial charge in [-0.25, -0.2) is 8.42 Å². The van der Waals surface area contributed by atoms with Gasteiger partial charge >= 0.3 is 0 Å². The Bertz CT molecular complexity index is 491. The quantitative estimate of drug-likeness (QED) is 0.563. The lowest BCUT2D eigenvalue weighted by atomic mass is 10.1. The lowest BCUT2D eigenvalue weighted by Crippen LogP contribution is -2.24. The molecule has 0 saturated carbocycles. The second kappa shape index (κ2) is 6.50. The monoisotopic (exact) mass is 266 g/mol. The predicted octanol–water partition coefficient (Wildman–Crippen LogP) is 2.63. The van der Waals surface area contributed by atoms with Crippen molar-refractivity contribution in [2.24, 2.45) is 5.92 Å². The summed E-state index contributed by atoms with van der Waals surface area (Å²) < 4.78 is 24.8. The summed E-state index contributed by atoms with van der Waals surface area (Å²) in [4.78, 5) is 11.0. The van der Waals surface area contributed by atoms with Gasteiger partial charge < -0.3 is 4.79 Å². The van der Waals surface area contributed by atoms with E-state index in [-0.39, 0.29) is 5.92 Å². The van der Waals surface area contributed by atoms with Gasteiger partial charge in [0.1, 0.15) is 6.29 Å². The third-order valence-corrected chi connectivity index (χ3v) is 5.00. The van der Waals surface area contributed by atoms with Crippen molar-refractivity contribution in [3.63, 3.8) is 0 Å². The molecule has 98 valence electrons. The van der Waals surface area contributed by atoms with E-state index >= 15 is 0 Å². The maximum Gasteiger partial charge on any atom is 0.181 e. The molecule has 0 spiro atoms. The van der Waals surface area contributed by atoms with E-state index < -0.39 is 15.1 Å². The smallest absolute Gasteiger partial charge is 0.181 e. The van der Waals surface area contributed by atoms with Gasteiger partial charge in [0.25, 0.3) is 0 Å². The predicted molar refractivity (Wildman–Crippen MR) is 72.1 cm³/mol. The highest BCUT2D eigenvalue weighted by molar-refractivity contribution is 7.92. The molecule has 2 unspecified atom stereocenters. The first kappa shape index (κ1) is 14.6. The standard InChI is InChI=1S/C14H18O3S/c1-3-7-14(10-12(2)11-15)18(16,17)13-8-5-4-6-9-13/h3-6,8-9,11-12,14H,1,7,10H2,2H3. The summed E-state index contributed by atoms with van der Waals surface area (Å²) in [5.74, 6) is -0.270. The molecule has 0 radical (unpaired) electrons. The van der Waals surface area contributed by atoms with Crippen LogP contribution < -0.4 is 0 Å². The van der Waals surface area contributed by atoms with Gasteiger partial charge in [-0.05, 0) is 25.0 Å². The van der Waals surface area contributed by atoms with Crippen molar-refractivity contribution >= 4 is 16.1 Å². The second-order valence-electron chi connectivity index (χ2n) is 4.35. The molecule has 0 aromatic heterocycles. The van der Waals surface area contributed by atoms with Crippen LogP contribution in [0.15, 0.2) is 47.9 Å². The van der Waals surface area contributed by atoms with E-state index in [0.717, 1.165) is 6.29 Å². The lowest BCUT2D eigenvalue weighted by Gasteiger charge is -2.17. The van der Waals surface area contributed by atoms with Gasteiger partial charge in [0.05, 0.1) is 10.1 Å². The first-order valence-electron chi connectivity index (χ1n) is 5.87. The van der Waals surface area contributed by atoms with Crippen molar-refractivity contribution in [3.05, 3.63) is 43.0 Å². The highest BCUT2D eigenvalue weighted by Gasteiger charge is 2.27. The normalized spacial score (nSPS) is 14.7. The molecule has 2 atom stereocenters. The molecule has 0 bridgehead atoms. The van der Waals surface area contributed by atoms with Crippen molar-refractivity contribution in [1.29, 1.82) is 0 Å². The van der Waals surface area contributed by atoms with Gasteiger partial charge in [0.15, 0.2) is 9.84 Å². The number of rotatable bonds is 7. The highest BCUT2D eigenvalue weighted by Crippen LogP contribution is 2.23. The van der Waals surface area contributed by atoms with Crippen molar-refractivity contribution in [1.82, 2.24) is 0 Å². The van der Waals surface area contributed by atoms with Crippen molar-refractivity contribution in [3.8, 4) is 0 Å². The fourth-order valence-corrected chi connectivity index (χ4v) is 3.68. The van der Waals surface area contributed by atoms with Gasteiger partial charge in [-0.15, -0.1) is 6.58 Å². The maximum atomic E-state index is 12.4. The molecule has 0 saturated heterocycles. The fraction of sp³-hybridized carbons (Fsp3) is 0.357. The van der Waals surface area contributed by atoms with Crippen molar-refractivity contribution in [2.75, 3.05) is 0 Å². The molecule has 0 N–H and O–H groups in total. The third kappa shape index (κ3) is 3.53. The van der Waals surface area contributed by atoms with Crippen LogP contribution in [-0.2, 0) is 14.6 Å². The SMILES string of the molecule is C=CCC(CC(C)C=O)S(=O)(=O)c1ccccc1. The summed E-state index contributed by atoms with van der Waals surface area (Å²) in [6, 6.07) is 8.32. The summed E-state index contributed by atoms with van der Waals surface area (Å²) in [5.41, 5.74) is 0. The van der Waals surface area contributed by atoms with Crippen molar-refractivity contribution in [2.45, 2.75) is 29.9 Å². The molecule has 0 heterocycles. The van der Waals surface area contributed by atoms with E-state index in [2.05, 4.69) is 6.58 Å². The molecule has 4 heteroatoms. The summed E-state index contributed by atoms with van der Waals surface area (Å²) >= 11 is 0. The van der Waals surface area contributed by atoms with Gasteiger partial charge in [0.2, 0.25) is 0 Å². The van der Waals surface area contributed by atoms with Crippen LogP contribution in [0.2, 0.25) is 0 Å². The Balaban J connectivity index is 3.04. The van der Waals surface area contributed by atoms with Crippen LogP contribution in [0.4, 0.5) is 0 Å². The Morgan fingerprint density at radius 3 is 2.39 bits per heavy atom. The van der Waals surface area contributed by atoms with E-state index in [1.165, 1.54) is 0 Å². The zero-order chi connectivity index (χ0) is 13.6. The average Bonchev–Trinajstić information content (AvgIpc) is 2.39. The molecule has 1 aromatic rings. The van der Waals surface area contributed by atoms with Crippen LogP contribution in [-0.4, -0.2) is 20.0 Å². The summed E-state index contributed by atoms with van der Waals surface area (Å²) in [5, 5.41) is -0.586. The van der Waals surface area contributed by atoms with E-state index in [9.17, 15) is 13.2 Å². The zero-order valence-electron chi connectivity index (χ0n) is 10.5. The average molecular weight is 266 g/mol. The van der Waals surface area contributed by atoms with Gasteiger partial charge in [-0.3, -0.25) is 0 Å². The molecular formula is C14H18O3S. The maximum absolute atomic E-state index is 12.4. The van der Waals surface area contributed by atoms with E-state index in [0.29, 0.717) is 17.7 Å². The number of hydrogen-bond donors (Lipinski definition) is 0. The molecule has 3 nitrogen and oxygen atoms in total. The number of carbonyl (C=O) groups is 1. The third-order valence-electron chi connectivity index (χ3n) is 2.81. The van der Waals surface area contributed by atoms with Crippen LogP contribution in [0.5, 0.6) is 0 Å². The summed E-state index contributed by atoms with van der Waals surface area (Å²) in [7, 11) is -3.40. The Hall–Kier alpha value is -1.42. The van der Waals surface area contributed by atoms with Gasteiger partial charge in [-0.1, -0.05) is 31.2 Å². The largest absolute Gasteiger partial charge is 0.303 e. The van der Waals surface area contributed by atoms with Crippen LogP contribution in [0.1, 0.15) is 19.8 Å². The molecule has 18 heavy (non-hydrogen) atoms. The molecule has 0 aliphatic carbocycles. The Labute approximate surface area is 108 Å². The fourth-order valence-electron chi connectivity index (χ4n) is 1.81. The van der Waals surface area contributed by atoms with Crippen LogP contribution in [0, 0.1) is 5.92 Å². The second-order valence-corrected chi connectivity index (χ2v) is 6.58. The van der Waals surface area contributed by atoms with Crippen LogP contribution >= 0.6 is 0 Å². The van der Waals surface area contributed by atoms with Gasteiger partial charge in [-0.2, -0.15) is 0 Å². The van der Waals surface area contributed by atoms with E-state index in [1.54, 1.807) is 43.3 Å². The number of allylic oxidation sites excluding steroid dienone is 1. The molecule has 0 aliphatic rings. The van der Waals surface area contributed by atoms with E-state index in [4.69, 9.17) is 0 Å². The molecule has 1 rings (SSSR count). The first-order valence-corrected chi connectivity index (χ1v) is 7.42. The lowest BCUT2D eigenvalue weighted by molar-refractivity contribution is -0.110. The minimum Gasteiger partial charge on any atom is -0.303 e. The van der Waals surface area contributed by atoms with Crippen LogP contribution in [0.25, 0.3) is 0 Å². The minimum atomic E-state index is -3.40. The first-order chi connectivity index (χ1) is 8.52. The number of carbonyl (C=O) groups excluding carboxylic acids is 1. The van der Waals surface area contributed by atoms with Gasteiger partial charge in [0, 0.05) is 5.92 Å². The number of aldehydes is 1.